The Morgan fingerprint density at radius 2 is 2.28 bits per heavy atom. The Balaban J connectivity index is 1.80. The highest BCUT2D eigenvalue weighted by Crippen LogP contribution is 2.29. The molecule has 2 aromatic rings. The first-order chi connectivity index (χ1) is 8.72. The van der Waals surface area contributed by atoms with E-state index in [0.29, 0.717) is 0 Å². The summed E-state index contributed by atoms with van der Waals surface area (Å²) in [5.74, 6) is 0. The number of thiazole rings is 1. The molecule has 1 fully saturated rings. The number of aromatic nitrogens is 1. The predicted octanol–water partition coefficient (Wildman–Crippen LogP) is 4.13. The normalized spacial score (nSPS) is 15.0. The van der Waals surface area contributed by atoms with Crippen molar-refractivity contribution >= 4 is 27.3 Å². The second kappa shape index (κ2) is 5.11. The van der Waals surface area contributed by atoms with Gasteiger partial charge in [-0.2, -0.15) is 0 Å². The lowest BCUT2D eigenvalue weighted by molar-refractivity contribution is 0.678. The molecule has 2 nitrogen and oxygen atoms in total. The Labute approximate surface area is 120 Å². The van der Waals surface area contributed by atoms with Crippen LogP contribution in [0.4, 0.5) is 0 Å². The predicted molar refractivity (Wildman–Crippen MR) is 79.8 cm³/mol. The smallest absolute Gasteiger partial charge is 0.123 e. The van der Waals surface area contributed by atoms with Crippen LogP contribution in [0.25, 0.3) is 10.6 Å². The van der Waals surface area contributed by atoms with Crippen LogP contribution in [0.15, 0.2) is 28.1 Å². The molecule has 18 heavy (non-hydrogen) atoms. The number of nitrogens with zero attached hydrogens (tertiary/aromatic N) is 1. The van der Waals surface area contributed by atoms with Crippen molar-refractivity contribution in [2.75, 3.05) is 0 Å². The molecule has 1 aliphatic rings. The number of benzene rings is 1. The van der Waals surface area contributed by atoms with E-state index in [9.17, 15) is 0 Å². The highest BCUT2D eigenvalue weighted by atomic mass is 79.9. The summed E-state index contributed by atoms with van der Waals surface area (Å²) in [6, 6.07) is 7.08. The van der Waals surface area contributed by atoms with Gasteiger partial charge in [0.25, 0.3) is 0 Å². The van der Waals surface area contributed by atoms with Gasteiger partial charge in [0.15, 0.2) is 0 Å². The van der Waals surface area contributed by atoms with Gasteiger partial charge in [0, 0.05) is 28.0 Å². The number of halogens is 1. The standard InChI is InChI=1S/C14H15BrN2S/c1-9-2-3-10(15)6-13(9)14-17-12(8-18-14)7-16-11-4-5-11/h2-3,6,8,11,16H,4-5,7H2,1H3. The van der Waals surface area contributed by atoms with E-state index in [1.807, 2.05) is 0 Å². The van der Waals surface area contributed by atoms with Gasteiger partial charge in [-0.1, -0.05) is 22.0 Å². The minimum atomic E-state index is 0.739. The maximum atomic E-state index is 4.72. The summed E-state index contributed by atoms with van der Waals surface area (Å²) in [6.45, 7) is 3.03. The van der Waals surface area contributed by atoms with E-state index in [0.717, 1.165) is 27.8 Å². The Morgan fingerprint density at radius 3 is 3.06 bits per heavy atom. The van der Waals surface area contributed by atoms with Crippen LogP contribution in [-0.4, -0.2) is 11.0 Å². The van der Waals surface area contributed by atoms with E-state index in [4.69, 9.17) is 4.98 Å². The van der Waals surface area contributed by atoms with Crippen LogP contribution in [-0.2, 0) is 6.54 Å². The summed E-state index contributed by atoms with van der Waals surface area (Å²) >= 11 is 5.25. The monoisotopic (exact) mass is 322 g/mol. The molecule has 1 heterocycles. The van der Waals surface area contributed by atoms with Gasteiger partial charge < -0.3 is 5.32 Å². The average molecular weight is 323 g/mol. The van der Waals surface area contributed by atoms with E-state index in [2.05, 4.69) is 51.7 Å². The average Bonchev–Trinajstić information content (AvgIpc) is 3.08. The summed E-state index contributed by atoms with van der Waals surface area (Å²) < 4.78 is 1.11. The molecule has 0 radical (unpaired) electrons. The molecule has 0 aliphatic heterocycles. The van der Waals surface area contributed by atoms with Gasteiger partial charge in [-0.25, -0.2) is 4.98 Å². The van der Waals surface area contributed by atoms with Gasteiger partial charge in [0.2, 0.25) is 0 Å². The molecule has 1 saturated carbocycles. The Bertz CT molecular complexity index is 561. The van der Waals surface area contributed by atoms with E-state index >= 15 is 0 Å². The molecule has 0 bridgehead atoms. The second-order valence-electron chi connectivity index (χ2n) is 4.76. The van der Waals surface area contributed by atoms with Crippen molar-refractivity contribution in [3.8, 4) is 10.6 Å². The lowest BCUT2D eigenvalue weighted by Gasteiger charge is -2.02. The topological polar surface area (TPSA) is 24.9 Å². The molecule has 0 unspecified atom stereocenters. The zero-order chi connectivity index (χ0) is 12.5. The molecule has 1 aromatic heterocycles. The largest absolute Gasteiger partial charge is 0.308 e. The minimum Gasteiger partial charge on any atom is -0.308 e. The van der Waals surface area contributed by atoms with Crippen molar-refractivity contribution in [3.63, 3.8) is 0 Å². The van der Waals surface area contributed by atoms with Gasteiger partial charge in [-0.15, -0.1) is 11.3 Å². The maximum Gasteiger partial charge on any atom is 0.123 e. The van der Waals surface area contributed by atoms with Crippen molar-refractivity contribution < 1.29 is 0 Å². The SMILES string of the molecule is Cc1ccc(Br)cc1-c1nc(CNC2CC2)cs1. The first-order valence-electron chi connectivity index (χ1n) is 6.17. The number of rotatable bonds is 4. The fraction of sp³-hybridized carbons (Fsp3) is 0.357. The molecule has 0 spiro atoms. The van der Waals surface area contributed by atoms with Crippen LogP contribution in [0, 0.1) is 6.92 Å². The van der Waals surface area contributed by atoms with E-state index in [1.54, 1.807) is 11.3 Å². The van der Waals surface area contributed by atoms with Crippen LogP contribution < -0.4 is 5.32 Å². The van der Waals surface area contributed by atoms with Crippen molar-refractivity contribution in [1.29, 1.82) is 0 Å². The molecule has 0 amide bonds. The molecule has 0 atom stereocenters. The highest BCUT2D eigenvalue weighted by molar-refractivity contribution is 9.10. The lowest BCUT2D eigenvalue weighted by atomic mass is 10.1. The van der Waals surface area contributed by atoms with Gasteiger partial charge in [-0.05, 0) is 37.5 Å². The number of nitrogens with one attached hydrogen (secondary N) is 1. The van der Waals surface area contributed by atoms with Crippen LogP contribution in [0.3, 0.4) is 0 Å². The Morgan fingerprint density at radius 1 is 1.44 bits per heavy atom. The summed E-state index contributed by atoms with van der Waals surface area (Å²) in [5.41, 5.74) is 3.66. The highest BCUT2D eigenvalue weighted by Gasteiger charge is 2.20. The summed E-state index contributed by atoms with van der Waals surface area (Å²) in [5, 5.41) is 6.77. The molecule has 1 N–H and O–H groups in total. The van der Waals surface area contributed by atoms with Crippen molar-refractivity contribution in [1.82, 2.24) is 10.3 Å². The third-order valence-electron chi connectivity index (χ3n) is 3.13. The third-order valence-corrected chi connectivity index (χ3v) is 4.55. The fourth-order valence-electron chi connectivity index (χ4n) is 1.87. The Kier molecular flexibility index (Phi) is 3.50. The van der Waals surface area contributed by atoms with E-state index in [-0.39, 0.29) is 0 Å². The molecule has 94 valence electrons. The molecule has 4 heteroatoms. The zero-order valence-corrected chi connectivity index (χ0v) is 12.6. The lowest BCUT2D eigenvalue weighted by Crippen LogP contribution is -2.15. The van der Waals surface area contributed by atoms with Crippen molar-refractivity contribution in [3.05, 3.63) is 39.3 Å². The van der Waals surface area contributed by atoms with Gasteiger partial charge in [-0.3, -0.25) is 0 Å². The molecule has 0 saturated heterocycles. The maximum absolute atomic E-state index is 4.72. The first kappa shape index (κ1) is 12.3. The number of hydrogen-bond donors (Lipinski definition) is 1. The zero-order valence-electron chi connectivity index (χ0n) is 10.2. The molecule has 1 aliphatic carbocycles. The summed E-state index contributed by atoms with van der Waals surface area (Å²) in [4.78, 5) is 4.72. The molecular weight excluding hydrogens is 308 g/mol. The van der Waals surface area contributed by atoms with Crippen molar-refractivity contribution in [2.45, 2.75) is 32.4 Å². The number of aryl methyl sites for hydroxylation is 1. The summed E-state index contributed by atoms with van der Waals surface area (Å²) in [6.07, 6.45) is 2.64. The Hall–Kier alpha value is -0.710. The fourth-order valence-corrected chi connectivity index (χ4v) is 3.13. The van der Waals surface area contributed by atoms with Crippen LogP contribution in [0.2, 0.25) is 0 Å². The molecule has 1 aromatic carbocycles. The number of hydrogen-bond acceptors (Lipinski definition) is 3. The third kappa shape index (κ3) is 2.82. The minimum absolute atomic E-state index is 0.739. The van der Waals surface area contributed by atoms with E-state index in [1.165, 1.54) is 24.0 Å². The second-order valence-corrected chi connectivity index (χ2v) is 6.53. The van der Waals surface area contributed by atoms with Crippen LogP contribution in [0.1, 0.15) is 24.1 Å². The van der Waals surface area contributed by atoms with Gasteiger partial charge >= 0.3 is 0 Å². The summed E-state index contributed by atoms with van der Waals surface area (Å²) in [7, 11) is 0. The van der Waals surface area contributed by atoms with Gasteiger partial charge in [0.1, 0.15) is 5.01 Å². The van der Waals surface area contributed by atoms with Crippen LogP contribution in [0.5, 0.6) is 0 Å². The molecule has 3 rings (SSSR count). The quantitative estimate of drug-likeness (QED) is 0.915. The van der Waals surface area contributed by atoms with Crippen LogP contribution >= 0.6 is 27.3 Å². The first-order valence-corrected chi connectivity index (χ1v) is 7.84. The van der Waals surface area contributed by atoms with Gasteiger partial charge in [0.05, 0.1) is 5.69 Å². The molecular formula is C14H15BrN2S. The van der Waals surface area contributed by atoms with Crippen molar-refractivity contribution in [2.24, 2.45) is 0 Å². The van der Waals surface area contributed by atoms with E-state index < -0.39 is 0 Å².